The Morgan fingerprint density at radius 2 is 2.08 bits per heavy atom. The number of rotatable bonds is 2. The second-order valence-electron chi connectivity index (χ2n) is 2.52. The standard InChI is InChI=1S/C9H9NO2/c1-7-5-3-4-6-9(7)8(2)10(11)12/h3-6H,2H2,1H3. The van der Waals surface area contributed by atoms with Crippen molar-refractivity contribution in [3.05, 3.63) is 52.1 Å². The molecule has 0 radical (unpaired) electrons. The van der Waals surface area contributed by atoms with Crippen molar-refractivity contribution in [2.45, 2.75) is 6.92 Å². The van der Waals surface area contributed by atoms with Crippen LogP contribution in [0.5, 0.6) is 0 Å². The Morgan fingerprint density at radius 1 is 1.50 bits per heavy atom. The van der Waals surface area contributed by atoms with E-state index in [1.54, 1.807) is 12.1 Å². The van der Waals surface area contributed by atoms with Crippen LogP contribution < -0.4 is 0 Å². The molecule has 0 aliphatic heterocycles. The molecule has 0 heterocycles. The Hall–Kier alpha value is -1.64. The summed E-state index contributed by atoms with van der Waals surface area (Å²) in [5.74, 6) is 0. The molecule has 0 saturated heterocycles. The van der Waals surface area contributed by atoms with Gasteiger partial charge in [0.15, 0.2) is 0 Å². The van der Waals surface area contributed by atoms with Gasteiger partial charge in [-0.2, -0.15) is 0 Å². The van der Waals surface area contributed by atoms with Crippen molar-refractivity contribution in [3.8, 4) is 0 Å². The van der Waals surface area contributed by atoms with Crippen LogP contribution in [0.2, 0.25) is 0 Å². The average Bonchev–Trinajstić information content (AvgIpc) is 2.04. The quantitative estimate of drug-likeness (QED) is 0.495. The molecule has 1 aromatic carbocycles. The molecular weight excluding hydrogens is 154 g/mol. The van der Waals surface area contributed by atoms with Crippen LogP contribution in [-0.2, 0) is 0 Å². The van der Waals surface area contributed by atoms with Crippen LogP contribution in [0.4, 0.5) is 0 Å². The van der Waals surface area contributed by atoms with E-state index in [1.165, 1.54) is 0 Å². The number of hydrogen-bond donors (Lipinski definition) is 0. The largest absolute Gasteiger partial charge is 0.269 e. The first-order chi connectivity index (χ1) is 5.63. The summed E-state index contributed by atoms with van der Waals surface area (Å²) in [5, 5.41) is 10.4. The minimum absolute atomic E-state index is 0.0481. The molecule has 0 spiro atoms. The van der Waals surface area contributed by atoms with Gasteiger partial charge in [0.2, 0.25) is 0 Å². The first kappa shape index (κ1) is 8.46. The maximum Gasteiger partial charge on any atom is 0.269 e. The zero-order valence-electron chi connectivity index (χ0n) is 6.78. The van der Waals surface area contributed by atoms with E-state index in [0.29, 0.717) is 5.56 Å². The van der Waals surface area contributed by atoms with Crippen molar-refractivity contribution in [2.75, 3.05) is 0 Å². The summed E-state index contributed by atoms with van der Waals surface area (Å²) < 4.78 is 0. The Morgan fingerprint density at radius 3 is 2.58 bits per heavy atom. The minimum atomic E-state index is -0.470. The Kier molecular flexibility index (Phi) is 2.24. The lowest BCUT2D eigenvalue weighted by Gasteiger charge is -1.99. The third-order valence-electron chi connectivity index (χ3n) is 1.68. The molecule has 0 unspecified atom stereocenters. The van der Waals surface area contributed by atoms with Crippen LogP contribution in [0.25, 0.3) is 5.70 Å². The highest BCUT2D eigenvalue weighted by Gasteiger charge is 2.11. The molecule has 3 heteroatoms. The molecule has 62 valence electrons. The molecule has 0 atom stereocenters. The number of nitrogens with zero attached hydrogens (tertiary/aromatic N) is 1. The summed E-state index contributed by atoms with van der Waals surface area (Å²) in [6, 6.07) is 7.12. The lowest BCUT2D eigenvalue weighted by molar-refractivity contribution is -0.375. The second-order valence-corrected chi connectivity index (χ2v) is 2.52. The average molecular weight is 163 g/mol. The highest BCUT2D eigenvalue weighted by molar-refractivity contribution is 5.59. The second kappa shape index (κ2) is 3.17. The number of hydrogen-bond acceptors (Lipinski definition) is 2. The van der Waals surface area contributed by atoms with Gasteiger partial charge in [-0.3, -0.25) is 10.1 Å². The Bertz CT molecular complexity index is 331. The van der Waals surface area contributed by atoms with Gasteiger partial charge in [-0.05, 0) is 25.1 Å². The first-order valence-electron chi connectivity index (χ1n) is 3.52. The zero-order valence-corrected chi connectivity index (χ0v) is 6.78. The molecule has 0 aliphatic rings. The summed E-state index contributed by atoms with van der Waals surface area (Å²) in [4.78, 5) is 9.89. The van der Waals surface area contributed by atoms with E-state index in [1.807, 2.05) is 19.1 Å². The highest BCUT2D eigenvalue weighted by atomic mass is 16.6. The predicted octanol–water partition coefficient (Wildman–Crippen LogP) is 2.24. The van der Waals surface area contributed by atoms with Crippen LogP contribution in [-0.4, -0.2) is 4.92 Å². The fourth-order valence-corrected chi connectivity index (χ4v) is 0.995. The lowest BCUT2D eigenvalue weighted by atomic mass is 10.1. The van der Waals surface area contributed by atoms with Gasteiger partial charge in [0.25, 0.3) is 5.70 Å². The van der Waals surface area contributed by atoms with E-state index >= 15 is 0 Å². The van der Waals surface area contributed by atoms with E-state index in [-0.39, 0.29) is 5.70 Å². The minimum Gasteiger partial charge on any atom is -0.258 e. The van der Waals surface area contributed by atoms with Gasteiger partial charge >= 0.3 is 0 Å². The van der Waals surface area contributed by atoms with Gasteiger partial charge in [-0.15, -0.1) is 0 Å². The van der Waals surface area contributed by atoms with Crippen LogP contribution in [0, 0.1) is 17.0 Å². The number of nitro groups is 1. The summed E-state index contributed by atoms with van der Waals surface area (Å²) >= 11 is 0. The van der Waals surface area contributed by atoms with Crippen LogP contribution in [0.1, 0.15) is 11.1 Å². The highest BCUT2D eigenvalue weighted by Crippen LogP contribution is 2.16. The normalized spacial score (nSPS) is 9.42. The molecular formula is C9H9NO2. The maximum atomic E-state index is 10.4. The van der Waals surface area contributed by atoms with Crippen molar-refractivity contribution in [1.82, 2.24) is 0 Å². The Labute approximate surface area is 70.5 Å². The predicted molar refractivity (Wildman–Crippen MR) is 47.2 cm³/mol. The lowest BCUT2D eigenvalue weighted by Crippen LogP contribution is -1.97. The van der Waals surface area contributed by atoms with Gasteiger partial charge in [-0.25, -0.2) is 0 Å². The van der Waals surface area contributed by atoms with Crippen molar-refractivity contribution in [3.63, 3.8) is 0 Å². The summed E-state index contributed by atoms with van der Waals surface area (Å²) in [6.45, 7) is 5.21. The van der Waals surface area contributed by atoms with Gasteiger partial charge in [0, 0.05) is 0 Å². The molecule has 0 aromatic heterocycles. The van der Waals surface area contributed by atoms with Gasteiger partial charge in [0.05, 0.1) is 10.5 Å². The fraction of sp³-hybridized carbons (Fsp3) is 0.111. The fourth-order valence-electron chi connectivity index (χ4n) is 0.995. The smallest absolute Gasteiger partial charge is 0.258 e. The van der Waals surface area contributed by atoms with Crippen LogP contribution in [0.3, 0.4) is 0 Å². The maximum absolute atomic E-state index is 10.4. The van der Waals surface area contributed by atoms with Crippen molar-refractivity contribution in [2.24, 2.45) is 0 Å². The van der Waals surface area contributed by atoms with E-state index < -0.39 is 4.92 Å². The molecule has 0 fully saturated rings. The summed E-state index contributed by atoms with van der Waals surface area (Å²) in [5.41, 5.74) is 1.43. The third-order valence-corrected chi connectivity index (χ3v) is 1.68. The molecule has 1 rings (SSSR count). The Balaban J connectivity index is 3.11. The van der Waals surface area contributed by atoms with Gasteiger partial charge in [-0.1, -0.05) is 18.2 Å². The van der Waals surface area contributed by atoms with Crippen molar-refractivity contribution < 1.29 is 4.92 Å². The zero-order chi connectivity index (χ0) is 9.14. The molecule has 0 bridgehead atoms. The van der Waals surface area contributed by atoms with Gasteiger partial charge in [0.1, 0.15) is 0 Å². The van der Waals surface area contributed by atoms with E-state index in [4.69, 9.17) is 0 Å². The van der Waals surface area contributed by atoms with E-state index in [9.17, 15) is 10.1 Å². The molecule has 0 saturated carbocycles. The van der Waals surface area contributed by atoms with E-state index in [0.717, 1.165) is 5.56 Å². The topological polar surface area (TPSA) is 43.1 Å². The molecule has 0 N–H and O–H groups in total. The van der Waals surface area contributed by atoms with Crippen LogP contribution in [0.15, 0.2) is 30.8 Å². The molecule has 12 heavy (non-hydrogen) atoms. The summed E-state index contributed by atoms with van der Waals surface area (Å²) in [7, 11) is 0. The van der Waals surface area contributed by atoms with Crippen molar-refractivity contribution >= 4 is 5.70 Å². The first-order valence-corrected chi connectivity index (χ1v) is 3.52. The SMILES string of the molecule is C=C(c1ccccc1C)[N+](=O)[O-]. The molecule has 0 amide bonds. The monoisotopic (exact) mass is 163 g/mol. The van der Waals surface area contributed by atoms with E-state index in [2.05, 4.69) is 6.58 Å². The van der Waals surface area contributed by atoms with Crippen molar-refractivity contribution in [1.29, 1.82) is 0 Å². The molecule has 3 nitrogen and oxygen atoms in total. The number of benzene rings is 1. The number of aryl methyl sites for hydroxylation is 1. The molecule has 0 aliphatic carbocycles. The third kappa shape index (κ3) is 1.50. The molecule has 1 aromatic rings. The summed E-state index contributed by atoms with van der Waals surface area (Å²) in [6.07, 6.45) is 0. The van der Waals surface area contributed by atoms with Gasteiger partial charge < -0.3 is 0 Å². The van der Waals surface area contributed by atoms with Crippen LogP contribution >= 0.6 is 0 Å².